The van der Waals surface area contributed by atoms with Gasteiger partial charge in [-0.3, -0.25) is 0 Å². The summed E-state index contributed by atoms with van der Waals surface area (Å²) >= 11 is 1.48. The van der Waals surface area contributed by atoms with E-state index in [1.807, 2.05) is 42.6 Å². The summed E-state index contributed by atoms with van der Waals surface area (Å²) in [5.74, 6) is 0. The molecule has 2 unspecified atom stereocenters. The number of carbonyl (C=O) groups excluding carboxylic acids is 1. The standard InChI is InChI=1S/C18H24N2O2S/c1-14(10-11-15-7-4-3-5-8-15)20-17(21)19-13-18(2,22)16-9-6-12-23-16/h3-9,12,14,22H,10-11,13H2,1-2H3,(H2,19,20,21). The van der Waals surface area contributed by atoms with Gasteiger partial charge in [-0.05, 0) is 43.7 Å². The van der Waals surface area contributed by atoms with Crippen molar-refractivity contribution in [2.75, 3.05) is 6.54 Å². The van der Waals surface area contributed by atoms with Crippen molar-refractivity contribution in [3.8, 4) is 0 Å². The third-order valence-electron chi connectivity index (χ3n) is 3.73. The second-order valence-electron chi connectivity index (χ2n) is 6.00. The number of rotatable bonds is 7. The van der Waals surface area contributed by atoms with Crippen molar-refractivity contribution in [2.24, 2.45) is 0 Å². The van der Waals surface area contributed by atoms with Crippen LogP contribution in [0.25, 0.3) is 0 Å². The first kappa shape index (κ1) is 17.5. The molecular formula is C18H24N2O2S. The number of carbonyl (C=O) groups is 1. The van der Waals surface area contributed by atoms with E-state index in [-0.39, 0.29) is 18.6 Å². The van der Waals surface area contributed by atoms with Gasteiger partial charge in [0.25, 0.3) is 0 Å². The second kappa shape index (κ2) is 8.13. The summed E-state index contributed by atoms with van der Waals surface area (Å²) in [6.45, 7) is 3.88. The molecule has 0 radical (unpaired) electrons. The molecular weight excluding hydrogens is 308 g/mol. The third kappa shape index (κ3) is 5.69. The Kier molecular flexibility index (Phi) is 6.19. The number of hydrogen-bond acceptors (Lipinski definition) is 3. The maximum absolute atomic E-state index is 12.0. The largest absolute Gasteiger partial charge is 0.383 e. The van der Waals surface area contributed by atoms with Crippen LogP contribution in [0.2, 0.25) is 0 Å². The quantitative estimate of drug-likeness (QED) is 0.729. The first-order chi connectivity index (χ1) is 11.0. The normalized spacial score (nSPS) is 14.7. The number of hydrogen-bond donors (Lipinski definition) is 3. The highest BCUT2D eigenvalue weighted by Crippen LogP contribution is 2.24. The van der Waals surface area contributed by atoms with Crippen molar-refractivity contribution in [1.82, 2.24) is 10.6 Å². The molecule has 0 saturated carbocycles. The summed E-state index contributed by atoms with van der Waals surface area (Å²) in [4.78, 5) is 12.8. The number of aliphatic hydroxyl groups is 1. The molecule has 0 aliphatic rings. The van der Waals surface area contributed by atoms with Gasteiger partial charge in [0, 0.05) is 10.9 Å². The number of nitrogens with one attached hydrogen (secondary N) is 2. The molecule has 2 atom stereocenters. The van der Waals surface area contributed by atoms with Gasteiger partial charge in [0.1, 0.15) is 5.60 Å². The lowest BCUT2D eigenvalue weighted by molar-refractivity contribution is 0.0630. The Morgan fingerprint density at radius 1 is 1.26 bits per heavy atom. The van der Waals surface area contributed by atoms with E-state index >= 15 is 0 Å². The molecule has 0 fully saturated rings. The summed E-state index contributed by atoms with van der Waals surface area (Å²) < 4.78 is 0. The molecule has 1 aromatic heterocycles. The minimum Gasteiger partial charge on any atom is -0.383 e. The molecule has 0 aliphatic heterocycles. The van der Waals surface area contributed by atoms with E-state index in [0.717, 1.165) is 17.7 Å². The van der Waals surface area contributed by atoms with E-state index in [1.54, 1.807) is 6.92 Å². The predicted molar refractivity (Wildman–Crippen MR) is 94.6 cm³/mol. The summed E-state index contributed by atoms with van der Waals surface area (Å²) in [7, 11) is 0. The van der Waals surface area contributed by atoms with Crippen LogP contribution in [0.5, 0.6) is 0 Å². The lowest BCUT2D eigenvalue weighted by Crippen LogP contribution is -2.46. The number of benzene rings is 1. The maximum Gasteiger partial charge on any atom is 0.315 e. The van der Waals surface area contributed by atoms with Gasteiger partial charge in [-0.2, -0.15) is 0 Å². The van der Waals surface area contributed by atoms with E-state index in [2.05, 4.69) is 22.8 Å². The topological polar surface area (TPSA) is 61.4 Å². The van der Waals surface area contributed by atoms with Crippen LogP contribution >= 0.6 is 11.3 Å². The van der Waals surface area contributed by atoms with Crippen LogP contribution in [-0.2, 0) is 12.0 Å². The number of amides is 2. The molecule has 5 heteroatoms. The first-order valence-electron chi connectivity index (χ1n) is 7.82. The molecule has 0 aliphatic carbocycles. The van der Waals surface area contributed by atoms with Crippen LogP contribution in [0.1, 0.15) is 30.7 Å². The molecule has 2 aromatic rings. The highest BCUT2D eigenvalue weighted by atomic mass is 32.1. The molecule has 3 N–H and O–H groups in total. The SMILES string of the molecule is CC(CCc1ccccc1)NC(=O)NCC(C)(O)c1cccs1. The number of aryl methyl sites for hydroxylation is 1. The zero-order valence-electron chi connectivity index (χ0n) is 13.6. The van der Waals surface area contributed by atoms with Gasteiger partial charge in [-0.25, -0.2) is 4.79 Å². The van der Waals surface area contributed by atoms with Crippen molar-refractivity contribution in [1.29, 1.82) is 0 Å². The molecule has 1 aromatic carbocycles. The summed E-state index contributed by atoms with van der Waals surface area (Å²) in [6, 6.07) is 13.8. The average Bonchev–Trinajstić information content (AvgIpc) is 3.07. The van der Waals surface area contributed by atoms with Gasteiger partial charge >= 0.3 is 6.03 Å². The zero-order valence-corrected chi connectivity index (χ0v) is 14.4. The molecule has 2 rings (SSSR count). The molecule has 23 heavy (non-hydrogen) atoms. The fourth-order valence-electron chi connectivity index (χ4n) is 2.30. The van der Waals surface area contributed by atoms with Gasteiger partial charge < -0.3 is 15.7 Å². The van der Waals surface area contributed by atoms with Crippen molar-refractivity contribution in [3.63, 3.8) is 0 Å². The zero-order chi connectivity index (χ0) is 16.7. The monoisotopic (exact) mass is 332 g/mol. The fraction of sp³-hybridized carbons (Fsp3) is 0.389. The minimum atomic E-state index is -1.04. The molecule has 0 saturated heterocycles. The number of urea groups is 1. The summed E-state index contributed by atoms with van der Waals surface area (Å²) in [6.07, 6.45) is 1.80. The third-order valence-corrected chi connectivity index (χ3v) is 4.85. The molecule has 0 bridgehead atoms. The van der Waals surface area contributed by atoms with Gasteiger partial charge in [0.2, 0.25) is 0 Å². The van der Waals surface area contributed by atoms with Gasteiger partial charge in [-0.1, -0.05) is 36.4 Å². The van der Waals surface area contributed by atoms with E-state index < -0.39 is 5.60 Å². The Bertz CT molecular complexity index is 597. The minimum absolute atomic E-state index is 0.0712. The molecule has 2 amide bonds. The lowest BCUT2D eigenvalue weighted by atomic mass is 10.1. The van der Waals surface area contributed by atoms with Crippen molar-refractivity contribution < 1.29 is 9.90 Å². The summed E-state index contributed by atoms with van der Waals surface area (Å²) in [5, 5.41) is 17.9. The molecule has 0 spiro atoms. The lowest BCUT2D eigenvalue weighted by Gasteiger charge is -2.23. The fourth-order valence-corrected chi connectivity index (χ4v) is 3.09. The van der Waals surface area contributed by atoms with Crippen LogP contribution < -0.4 is 10.6 Å². The predicted octanol–water partition coefficient (Wildman–Crippen LogP) is 3.28. The van der Waals surface area contributed by atoms with E-state index in [0.29, 0.717) is 0 Å². The molecule has 124 valence electrons. The first-order valence-corrected chi connectivity index (χ1v) is 8.70. The van der Waals surface area contributed by atoms with E-state index in [9.17, 15) is 9.90 Å². The molecule has 1 heterocycles. The van der Waals surface area contributed by atoms with Crippen LogP contribution in [-0.4, -0.2) is 23.7 Å². The van der Waals surface area contributed by atoms with Crippen molar-refractivity contribution >= 4 is 17.4 Å². The van der Waals surface area contributed by atoms with E-state index in [1.165, 1.54) is 16.9 Å². The van der Waals surface area contributed by atoms with Crippen LogP contribution in [0.3, 0.4) is 0 Å². The Hall–Kier alpha value is -1.85. The van der Waals surface area contributed by atoms with Crippen molar-refractivity contribution in [3.05, 3.63) is 58.3 Å². The molecule has 4 nitrogen and oxygen atoms in total. The van der Waals surface area contributed by atoms with Crippen molar-refractivity contribution in [2.45, 2.75) is 38.3 Å². The average molecular weight is 332 g/mol. The van der Waals surface area contributed by atoms with Crippen LogP contribution in [0.15, 0.2) is 47.8 Å². The Balaban J connectivity index is 1.72. The highest BCUT2D eigenvalue weighted by molar-refractivity contribution is 7.10. The van der Waals surface area contributed by atoms with Crippen LogP contribution in [0.4, 0.5) is 4.79 Å². The number of thiophene rings is 1. The second-order valence-corrected chi connectivity index (χ2v) is 6.95. The van der Waals surface area contributed by atoms with E-state index in [4.69, 9.17) is 0 Å². The Morgan fingerprint density at radius 3 is 2.65 bits per heavy atom. The Morgan fingerprint density at radius 2 is 2.00 bits per heavy atom. The smallest absolute Gasteiger partial charge is 0.315 e. The van der Waals surface area contributed by atoms with Gasteiger partial charge in [0.05, 0.1) is 6.54 Å². The highest BCUT2D eigenvalue weighted by Gasteiger charge is 2.24. The van der Waals surface area contributed by atoms with Gasteiger partial charge in [0.15, 0.2) is 0 Å². The summed E-state index contributed by atoms with van der Waals surface area (Å²) in [5.41, 5.74) is 0.223. The van der Waals surface area contributed by atoms with Crippen LogP contribution in [0, 0.1) is 0 Å². The van der Waals surface area contributed by atoms with Gasteiger partial charge in [-0.15, -0.1) is 11.3 Å². The maximum atomic E-state index is 12.0. The Labute approximate surface area is 141 Å².